The largest absolute Gasteiger partial charge is 0.510 e. The molecule has 0 radical (unpaired) electrons. The van der Waals surface area contributed by atoms with Gasteiger partial charge in [-0.15, -0.1) is 6.42 Å². The second kappa shape index (κ2) is 13.9. The third-order valence-electron chi connectivity index (χ3n) is 5.35. The van der Waals surface area contributed by atoms with Crippen molar-refractivity contribution in [3.63, 3.8) is 0 Å². The molecule has 41 heavy (non-hydrogen) atoms. The zero-order valence-corrected chi connectivity index (χ0v) is 23.7. The van der Waals surface area contributed by atoms with Gasteiger partial charge >= 0.3 is 20.1 Å². The van der Waals surface area contributed by atoms with Crippen LogP contribution in [0, 0.1) is 18.3 Å². The number of rotatable bonds is 13. The van der Waals surface area contributed by atoms with E-state index in [4.69, 9.17) is 49.4 Å². The Hall–Kier alpha value is -3.55. The average Bonchev–Trinajstić information content (AvgIpc) is 3.49. The highest BCUT2D eigenvalue weighted by molar-refractivity contribution is 7.48. The molecule has 0 bridgehead atoms. The van der Waals surface area contributed by atoms with Gasteiger partial charge in [0.05, 0.1) is 31.1 Å². The number of nitrogens with two attached hydrogens (primary N) is 1. The van der Waals surface area contributed by atoms with Crippen LogP contribution in [0.1, 0.15) is 40.3 Å². The fourth-order valence-corrected chi connectivity index (χ4v) is 4.57. The zero-order valence-electron chi connectivity index (χ0n) is 22.8. The summed E-state index contributed by atoms with van der Waals surface area (Å²) in [6.45, 7) is 2.60. The van der Waals surface area contributed by atoms with Gasteiger partial charge in [-0.3, -0.25) is 9.09 Å². The molecule has 2 N–H and O–H groups in total. The molecule has 1 aliphatic heterocycles. The fraction of sp³-hybridized carbons (Fsp3) is 0.609. The summed E-state index contributed by atoms with van der Waals surface area (Å²) in [4.78, 5) is 35.5. The van der Waals surface area contributed by atoms with Crippen molar-refractivity contribution in [1.29, 1.82) is 0 Å². The summed E-state index contributed by atoms with van der Waals surface area (Å²) in [6, 6.07) is 0. The second-order valence-corrected chi connectivity index (χ2v) is 10.9. The van der Waals surface area contributed by atoms with Crippen LogP contribution in [0.15, 0.2) is 12.7 Å². The fourth-order valence-electron chi connectivity index (χ4n) is 3.59. The molecule has 18 heteroatoms. The van der Waals surface area contributed by atoms with E-state index in [1.807, 2.05) is 0 Å². The van der Waals surface area contributed by atoms with Crippen LogP contribution < -0.4 is 5.73 Å². The lowest BCUT2D eigenvalue weighted by Crippen LogP contribution is -2.37. The van der Waals surface area contributed by atoms with Crippen molar-refractivity contribution in [1.82, 2.24) is 19.5 Å². The molecule has 0 spiro atoms. The van der Waals surface area contributed by atoms with Gasteiger partial charge in [0, 0.05) is 0 Å². The molecule has 3 heterocycles. The molecule has 16 nitrogen and oxygen atoms in total. The lowest BCUT2D eigenvalue weighted by Gasteiger charge is -2.28. The summed E-state index contributed by atoms with van der Waals surface area (Å²) in [5.41, 5.74) is 4.71. The summed E-state index contributed by atoms with van der Waals surface area (Å²) in [7, 11) is -4.68. The first kappa shape index (κ1) is 32.0. The van der Waals surface area contributed by atoms with Crippen molar-refractivity contribution >= 4 is 37.1 Å². The Bertz CT molecular complexity index is 1270. The molecule has 0 amide bonds. The highest BCUT2D eigenvalue weighted by atomic mass is 31.2. The third kappa shape index (κ3) is 8.47. The molecule has 0 saturated carbocycles. The minimum Gasteiger partial charge on any atom is -0.432 e. The van der Waals surface area contributed by atoms with Crippen LogP contribution in [0.5, 0.6) is 0 Å². The number of carbonyl (C=O) groups is 2. The number of phosphoric ester groups is 1. The standard InChI is InChI=1S/C23H31FN5O11P/c1-6-16-7-23(8-24,40-20(16)29-11-28-17-18(25)26-10-27-19(17)29)9-35-41(32,36-12-33-21(30)38-14(2)3)37-13-34-22(31)39-15(4)5/h1,10-11,14-16,20H,7-9,12-13H2,2-5H3,(H2,25,26,27)/t16-,20+,23+/m0/s1. The maximum atomic E-state index is 14.5. The minimum atomic E-state index is -4.68. The monoisotopic (exact) mass is 603 g/mol. The van der Waals surface area contributed by atoms with Gasteiger partial charge in [-0.25, -0.2) is 42.5 Å². The third-order valence-corrected chi connectivity index (χ3v) is 6.64. The molecule has 0 aromatic carbocycles. The van der Waals surface area contributed by atoms with Crippen LogP contribution in [0.25, 0.3) is 11.2 Å². The number of nitrogen functional groups attached to an aromatic ring is 1. The summed E-state index contributed by atoms with van der Waals surface area (Å²) in [6.07, 6.45) is 4.02. The lowest BCUT2D eigenvalue weighted by molar-refractivity contribution is -0.114. The van der Waals surface area contributed by atoms with Crippen molar-refractivity contribution in [2.75, 3.05) is 32.6 Å². The second-order valence-electron chi connectivity index (χ2n) is 9.22. The van der Waals surface area contributed by atoms with E-state index in [0.29, 0.717) is 11.2 Å². The Morgan fingerprint density at radius 3 is 2.29 bits per heavy atom. The van der Waals surface area contributed by atoms with Gasteiger partial charge in [0.25, 0.3) is 0 Å². The first-order valence-corrected chi connectivity index (χ1v) is 13.7. The molecule has 2 aromatic rings. The number of anilines is 1. The number of carbonyl (C=O) groups excluding carboxylic acids is 2. The maximum absolute atomic E-state index is 14.5. The Labute approximate surface area is 234 Å². The van der Waals surface area contributed by atoms with E-state index in [2.05, 4.69) is 20.9 Å². The highest BCUT2D eigenvalue weighted by Crippen LogP contribution is 2.52. The van der Waals surface area contributed by atoms with Gasteiger partial charge in [-0.05, 0) is 34.1 Å². The molecule has 0 unspecified atom stereocenters. The van der Waals surface area contributed by atoms with Gasteiger partial charge in [0.2, 0.25) is 13.6 Å². The van der Waals surface area contributed by atoms with E-state index in [1.165, 1.54) is 17.2 Å². The van der Waals surface area contributed by atoms with Crippen molar-refractivity contribution in [3.05, 3.63) is 12.7 Å². The molecular weight excluding hydrogens is 572 g/mol. The predicted octanol–water partition coefficient (Wildman–Crippen LogP) is 3.48. The van der Waals surface area contributed by atoms with E-state index in [0.717, 1.165) is 0 Å². The van der Waals surface area contributed by atoms with Crippen molar-refractivity contribution in [2.45, 2.75) is 58.2 Å². The molecule has 3 rings (SSSR count). The number of hydrogen-bond acceptors (Lipinski definition) is 15. The number of halogens is 1. The van der Waals surface area contributed by atoms with Crippen molar-refractivity contribution in [3.8, 4) is 12.3 Å². The number of terminal acetylenes is 1. The topological polar surface area (TPSA) is 195 Å². The minimum absolute atomic E-state index is 0.0840. The molecule has 1 aliphatic rings. The molecule has 1 saturated heterocycles. The number of fused-ring (bicyclic) bond motifs is 1. The number of imidazole rings is 1. The molecule has 226 valence electrons. The van der Waals surface area contributed by atoms with Crippen LogP contribution >= 0.6 is 7.82 Å². The van der Waals surface area contributed by atoms with Gasteiger partial charge in [-0.2, -0.15) is 0 Å². The van der Waals surface area contributed by atoms with Crippen LogP contribution in [0.2, 0.25) is 0 Å². The summed E-state index contributed by atoms with van der Waals surface area (Å²) >= 11 is 0. The Balaban J connectivity index is 1.73. The number of aromatic nitrogens is 4. The zero-order chi connectivity index (χ0) is 30.2. The average molecular weight is 603 g/mol. The smallest absolute Gasteiger partial charge is 0.432 e. The first-order chi connectivity index (χ1) is 19.4. The lowest BCUT2D eigenvalue weighted by atomic mass is 9.95. The molecule has 1 fully saturated rings. The Kier molecular flexibility index (Phi) is 10.8. The van der Waals surface area contributed by atoms with Crippen molar-refractivity contribution < 1.29 is 55.8 Å². The molecule has 2 aromatic heterocycles. The van der Waals surface area contributed by atoms with E-state index < -0.39 is 77.0 Å². The van der Waals surface area contributed by atoms with Gasteiger partial charge in [0.15, 0.2) is 17.7 Å². The summed E-state index contributed by atoms with van der Waals surface area (Å²) in [5.74, 6) is 1.97. The predicted molar refractivity (Wildman–Crippen MR) is 136 cm³/mol. The van der Waals surface area contributed by atoms with Crippen LogP contribution in [-0.4, -0.2) is 76.5 Å². The summed E-state index contributed by atoms with van der Waals surface area (Å²) in [5, 5.41) is 0. The number of ether oxygens (including phenoxy) is 5. The number of hydrogen-bond donors (Lipinski definition) is 1. The van der Waals surface area contributed by atoms with E-state index in [1.54, 1.807) is 27.7 Å². The van der Waals surface area contributed by atoms with Gasteiger partial charge < -0.3 is 29.4 Å². The van der Waals surface area contributed by atoms with E-state index in [-0.39, 0.29) is 12.2 Å². The van der Waals surface area contributed by atoms with Gasteiger partial charge in [-0.1, -0.05) is 5.92 Å². The normalized spacial score (nSPS) is 20.7. The first-order valence-electron chi connectivity index (χ1n) is 12.2. The van der Waals surface area contributed by atoms with E-state index in [9.17, 15) is 18.5 Å². The van der Waals surface area contributed by atoms with Crippen LogP contribution in [0.3, 0.4) is 0 Å². The van der Waals surface area contributed by atoms with Crippen LogP contribution in [0.4, 0.5) is 19.8 Å². The van der Waals surface area contributed by atoms with Crippen LogP contribution in [-0.2, 0) is 41.8 Å². The molecule has 3 atom stereocenters. The Morgan fingerprint density at radius 2 is 1.76 bits per heavy atom. The Morgan fingerprint density at radius 1 is 1.15 bits per heavy atom. The summed E-state index contributed by atoms with van der Waals surface area (Å²) < 4.78 is 69.6. The molecular formula is C23H31FN5O11P. The number of nitrogens with zero attached hydrogens (tertiary/aromatic N) is 4. The van der Waals surface area contributed by atoms with Crippen molar-refractivity contribution in [2.24, 2.45) is 5.92 Å². The number of alkyl halides is 1. The SMILES string of the molecule is C#C[C@H]1C[C@@](CF)(COP(=O)(OCOC(=O)OC(C)C)OCOC(=O)OC(C)C)O[C@H]1n1cnc2c(N)ncnc21. The molecule has 0 aliphatic carbocycles. The highest BCUT2D eigenvalue weighted by Gasteiger charge is 2.49. The number of phosphoric acid groups is 1. The maximum Gasteiger partial charge on any atom is 0.510 e. The quantitative estimate of drug-likeness (QED) is 0.151. The van der Waals surface area contributed by atoms with E-state index >= 15 is 0 Å². The van der Waals surface area contributed by atoms with Gasteiger partial charge in [0.1, 0.15) is 24.1 Å².